The van der Waals surface area contributed by atoms with Crippen LogP contribution in [-0.4, -0.2) is 149 Å². The maximum absolute atomic E-state index is 13.8. The van der Waals surface area contributed by atoms with Crippen molar-refractivity contribution in [3.63, 3.8) is 0 Å². The molecule has 7 N–H and O–H groups in total. The van der Waals surface area contributed by atoms with E-state index in [0.717, 1.165) is 171 Å². The minimum absolute atomic E-state index is 0.00137. The highest BCUT2D eigenvalue weighted by molar-refractivity contribution is 8.00. The van der Waals surface area contributed by atoms with Gasteiger partial charge in [-0.25, -0.2) is 19.0 Å². The van der Waals surface area contributed by atoms with Gasteiger partial charge in [-0.15, -0.1) is 10.2 Å². The molecule has 10 unspecified atom stereocenters. The highest BCUT2D eigenvalue weighted by Gasteiger charge is 2.63. The third-order valence-corrected chi connectivity index (χ3v) is 36.1. The Morgan fingerprint density at radius 2 is 0.965 bits per heavy atom. The SMILES string of the molecule is C[C@H](CCC(=O)OCCCCCC1SC[C@@H]2NC(=O)N[C@H]12)C1CC[C@H]2[C@@H]3CC[C@@H]4C[C@H](OC(=O)Cn5cc(-c6ccc7c8ccc(-c9cn(CC(=O)O[C@@H]%10CCC%11(C)C%12CCC%13(C)C([C@H](C)CCC(=O)OCCCCCC%14SC[C@@H]%15NC(=O)N[C@H]%14%15)CC[C@H]%13[C@@H]%12CC[C@H]%11C%10)nn9)cc8n(CC[NH3+])c7c6)nn5)CCC4(C)C3CCC12C. The van der Waals surface area contributed by atoms with E-state index < -0.39 is 0 Å². The van der Waals surface area contributed by atoms with Gasteiger partial charge in [-0.3, -0.25) is 19.2 Å². The van der Waals surface area contributed by atoms with Gasteiger partial charge >= 0.3 is 35.9 Å². The van der Waals surface area contributed by atoms with Gasteiger partial charge in [0.15, 0.2) is 0 Å². The van der Waals surface area contributed by atoms with Crippen LogP contribution in [0.2, 0.25) is 0 Å². The number of quaternary nitrogens is 1. The Morgan fingerprint density at radius 3 is 1.41 bits per heavy atom. The number of urea groups is 2. The number of benzene rings is 2. The number of nitrogens with one attached hydrogen (secondary N) is 4. The average molecular weight is 1600 g/mol. The van der Waals surface area contributed by atoms with Crippen LogP contribution in [0.25, 0.3) is 44.3 Å². The summed E-state index contributed by atoms with van der Waals surface area (Å²) < 4.78 is 29.8. The molecule has 24 atom stereocenters. The standard InChI is InChI=1S/C90H128N12O10S2/c1-53(15-29-79(103)109-41-11-7-9-13-77-83-73(51-113-77)92-85(107)94-83)65-25-27-67-63-23-19-57-45-59(31-35-87(57,3)69(63)33-37-89(65,67)5)111-81(105)49-100-47-71(96-98-100)55-17-21-61-62-22-18-56(44-76(62)102(40-39-91)75(61)43-55)72-48-101(99-97-72)50-82(106)112-60-32-36-88(4)58(46-60)20-24-64-68-28-26-66(90(68,6)38-34-70(64)88)54(2)16-30-80(104)110-42-12-8-10-14-78-84-74(52-114-78)93-86(108)95-84/h17-18,21-22,43-44,47-48,53-54,57-60,63-70,73-74,77-78,83-84H,7-16,19-20,23-42,45-46,49-52,91H2,1-6H3,(H2,92,94,107)(H2,93,95,108)/p+1/t53-,54-,57-,58+,59-,60-,63+,64+,65?,66?,67+,68+,69?,70?,73+,74+,77?,78?,83+,84+,87?,88?,89?,90?/m1/s1. The summed E-state index contributed by atoms with van der Waals surface area (Å²) in [5.74, 6) is 8.97. The second kappa shape index (κ2) is 33.4. The first-order chi connectivity index (χ1) is 55.1. The van der Waals surface area contributed by atoms with Crippen molar-refractivity contribution in [3.8, 4) is 22.5 Å². The smallest absolute Gasteiger partial charge is 0.328 e. The normalized spacial score (nSPS) is 36.2. The first kappa shape index (κ1) is 80.0. The van der Waals surface area contributed by atoms with E-state index in [1.807, 2.05) is 35.9 Å². The third kappa shape index (κ3) is 15.8. The first-order valence-electron chi connectivity index (χ1n) is 44.9. The number of aromatic nitrogens is 7. The molecule has 0 radical (unpaired) electrons. The van der Waals surface area contributed by atoms with Crippen molar-refractivity contribution < 1.29 is 53.4 Å². The van der Waals surface area contributed by atoms with Crippen LogP contribution in [0.5, 0.6) is 0 Å². The third-order valence-electron chi connectivity index (χ3n) is 33.1. The lowest BCUT2D eigenvalue weighted by atomic mass is 9.44. The Kier molecular flexibility index (Phi) is 23.5. The zero-order valence-electron chi connectivity index (χ0n) is 68.8. The summed E-state index contributed by atoms with van der Waals surface area (Å²) in [6.07, 6.45) is 35.4. The molecule has 5 aromatic rings. The number of carbonyl (C=O) groups is 6. The van der Waals surface area contributed by atoms with Crippen LogP contribution in [0, 0.1) is 92.7 Å². The Labute approximate surface area is 682 Å². The van der Waals surface area contributed by atoms with E-state index in [4.69, 9.17) is 18.9 Å². The van der Waals surface area contributed by atoms with E-state index in [1.54, 1.807) is 9.36 Å². The van der Waals surface area contributed by atoms with Gasteiger partial charge < -0.3 is 50.5 Å². The number of thioether (sulfide) groups is 2. The monoisotopic (exact) mass is 1600 g/mol. The predicted molar refractivity (Wildman–Crippen MR) is 442 cm³/mol. The van der Waals surface area contributed by atoms with E-state index in [-0.39, 0.29) is 96.2 Å². The van der Waals surface area contributed by atoms with Crippen molar-refractivity contribution in [1.82, 2.24) is 55.8 Å². The van der Waals surface area contributed by atoms with Crippen LogP contribution in [0.1, 0.15) is 234 Å². The second-order valence-electron chi connectivity index (χ2n) is 39.0. The van der Waals surface area contributed by atoms with E-state index >= 15 is 0 Å². The fourth-order valence-electron chi connectivity index (χ4n) is 27.3. The van der Waals surface area contributed by atoms with E-state index in [9.17, 15) is 28.8 Å². The molecule has 12 fully saturated rings. The number of carbonyl (C=O) groups excluding carboxylic acids is 6. The molecule has 4 amide bonds. The van der Waals surface area contributed by atoms with Gasteiger partial charge in [-0.05, 0) is 259 Å². The number of unbranched alkanes of at least 4 members (excludes halogenated alkanes) is 4. The van der Waals surface area contributed by atoms with Gasteiger partial charge in [0.25, 0.3) is 0 Å². The minimum Gasteiger partial charge on any atom is -0.466 e. The van der Waals surface area contributed by atoms with Crippen LogP contribution in [0.3, 0.4) is 0 Å². The van der Waals surface area contributed by atoms with Crippen LogP contribution in [0.15, 0.2) is 48.8 Å². The van der Waals surface area contributed by atoms with Gasteiger partial charge in [-0.1, -0.05) is 102 Å². The van der Waals surface area contributed by atoms with Crippen molar-refractivity contribution in [2.75, 3.05) is 31.3 Å². The highest BCUT2D eigenvalue weighted by Crippen LogP contribution is 2.71. The van der Waals surface area contributed by atoms with Crippen LogP contribution in [-0.2, 0) is 57.8 Å². The van der Waals surface area contributed by atoms with Gasteiger partial charge in [0, 0.05) is 67.8 Å². The second-order valence-corrected chi connectivity index (χ2v) is 41.6. The van der Waals surface area contributed by atoms with E-state index in [0.29, 0.717) is 119 Å². The van der Waals surface area contributed by atoms with Crippen LogP contribution in [0.4, 0.5) is 9.59 Å². The maximum atomic E-state index is 13.8. The molecule has 0 spiro atoms. The summed E-state index contributed by atoms with van der Waals surface area (Å²) in [7, 11) is 0. The maximum Gasteiger partial charge on any atom is 0.328 e. The van der Waals surface area contributed by atoms with Gasteiger partial charge in [0.05, 0.1) is 62.9 Å². The van der Waals surface area contributed by atoms with E-state index in [2.05, 4.69) is 130 Å². The quantitative estimate of drug-likeness (QED) is 0.0124. The number of rotatable bonds is 30. The fourth-order valence-corrected chi connectivity index (χ4v) is 30.4. The Balaban J connectivity index is 0.441. The fraction of sp³-hybridized carbons (Fsp3) is 0.756. The summed E-state index contributed by atoms with van der Waals surface area (Å²) in [5.41, 5.74) is 10.7. The number of amides is 4. The number of hydrogen-bond donors (Lipinski definition) is 5. The van der Waals surface area contributed by atoms with Crippen molar-refractivity contribution in [2.45, 2.75) is 301 Å². The summed E-state index contributed by atoms with van der Waals surface area (Å²) in [6.45, 7) is 17.5. The van der Waals surface area contributed by atoms with Crippen molar-refractivity contribution in [3.05, 3.63) is 48.8 Å². The zero-order chi connectivity index (χ0) is 78.8. The number of esters is 4. The number of ether oxygens (including phenoxy) is 4. The Bertz CT molecular complexity index is 4070. The van der Waals surface area contributed by atoms with Gasteiger partial charge in [0.1, 0.15) is 36.7 Å². The molecule has 2 aromatic carbocycles. The van der Waals surface area contributed by atoms with Gasteiger partial charge in [0.2, 0.25) is 0 Å². The molecular formula is C90H129N12O10S2+. The summed E-state index contributed by atoms with van der Waals surface area (Å²) in [6, 6.07) is 13.7. The lowest BCUT2D eigenvalue weighted by Crippen LogP contribution is -2.54. The van der Waals surface area contributed by atoms with Crippen LogP contribution >= 0.6 is 23.5 Å². The molecule has 4 aliphatic heterocycles. The van der Waals surface area contributed by atoms with E-state index in [1.165, 1.54) is 77.0 Å². The molecule has 0 bridgehead atoms. The molecule has 7 heterocycles. The molecule has 3 aromatic heterocycles. The summed E-state index contributed by atoms with van der Waals surface area (Å²) >= 11 is 3.92. The largest absolute Gasteiger partial charge is 0.466 e. The molecule has 620 valence electrons. The number of nitrogens with zero attached hydrogens (tertiary/aromatic N) is 7. The lowest BCUT2D eigenvalue weighted by molar-refractivity contribution is -0.369. The molecule has 114 heavy (non-hydrogen) atoms. The van der Waals surface area contributed by atoms with Crippen molar-refractivity contribution in [2.24, 2.45) is 92.7 Å². The lowest BCUT2D eigenvalue weighted by Gasteiger charge is -2.61. The average Bonchev–Trinajstić information content (AvgIpc) is 1.39. The molecule has 4 saturated heterocycles. The number of hydrogen-bond acceptors (Lipinski definition) is 16. The minimum atomic E-state index is -0.268. The molecule has 8 saturated carbocycles. The molecular weight excluding hydrogens is 1470 g/mol. The molecule has 22 nitrogen and oxygen atoms in total. The topological polar surface area (TPSA) is 281 Å². The summed E-state index contributed by atoms with van der Waals surface area (Å²) in [4.78, 5) is 77.2. The molecule has 24 heteroatoms. The van der Waals surface area contributed by atoms with Crippen molar-refractivity contribution in [1.29, 1.82) is 0 Å². The van der Waals surface area contributed by atoms with Gasteiger partial charge in [-0.2, -0.15) is 23.5 Å². The Hall–Kier alpha value is -6.40. The highest BCUT2D eigenvalue weighted by atomic mass is 32.2. The van der Waals surface area contributed by atoms with Crippen molar-refractivity contribution >= 4 is 81.3 Å². The predicted octanol–water partition coefficient (Wildman–Crippen LogP) is 15.1. The number of fused-ring (bicyclic) bond motifs is 15. The molecule has 12 aliphatic rings. The Morgan fingerprint density at radius 1 is 0.526 bits per heavy atom. The first-order valence-corrected chi connectivity index (χ1v) is 47.0. The molecule has 17 rings (SSSR count). The summed E-state index contributed by atoms with van der Waals surface area (Å²) in [5, 5.41) is 33.5. The molecule has 8 aliphatic carbocycles. The zero-order valence-corrected chi connectivity index (χ0v) is 70.4. The van der Waals surface area contributed by atoms with Crippen LogP contribution < -0.4 is 27.0 Å².